The van der Waals surface area contributed by atoms with E-state index in [1.165, 1.54) is 19.1 Å². The van der Waals surface area contributed by atoms with E-state index in [0.717, 1.165) is 22.2 Å². The van der Waals surface area contributed by atoms with Gasteiger partial charge < -0.3 is 29.2 Å². The van der Waals surface area contributed by atoms with E-state index in [-0.39, 0.29) is 17.9 Å². The van der Waals surface area contributed by atoms with Crippen molar-refractivity contribution < 1.29 is 28.9 Å². The number of amides is 1. The highest BCUT2D eigenvalue weighted by molar-refractivity contribution is 6.46. The number of hydrogen-bond acceptors (Lipinski definition) is 7. The number of H-pyrrole nitrogens is 1. The Morgan fingerprint density at radius 2 is 1.84 bits per heavy atom. The smallest absolute Gasteiger partial charge is 0.295 e. The van der Waals surface area contributed by atoms with Crippen molar-refractivity contribution in [1.82, 2.24) is 14.9 Å². The Morgan fingerprint density at radius 1 is 1.03 bits per heavy atom. The van der Waals surface area contributed by atoms with Crippen molar-refractivity contribution in [3.05, 3.63) is 89.4 Å². The molecule has 2 aromatic heterocycles. The predicted octanol–water partition coefficient (Wildman–Crippen LogP) is 4.25. The molecule has 2 N–H and O–H groups in total. The minimum atomic E-state index is -0.809. The number of aromatic nitrogens is 2. The Bertz CT molecular complexity index is 1540. The predicted molar refractivity (Wildman–Crippen MR) is 141 cm³/mol. The summed E-state index contributed by atoms with van der Waals surface area (Å²) in [6.07, 6.45) is 5.59. The van der Waals surface area contributed by atoms with Gasteiger partial charge in [0.1, 0.15) is 11.5 Å². The summed E-state index contributed by atoms with van der Waals surface area (Å²) in [5.74, 6) is -0.145. The molecule has 194 valence electrons. The van der Waals surface area contributed by atoms with Crippen LogP contribution in [0.5, 0.6) is 17.2 Å². The Kier molecular flexibility index (Phi) is 6.74. The Hall–Kier alpha value is -4.79. The number of aliphatic hydroxyl groups is 1. The summed E-state index contributed by atoms with van der Waals surface area (Å²) in [5.41, 5.74) is 2.87. The Balaban J connectivity index is 1.55. The maximum absolute atomic E-state index is 13.3. The van der Waals surface area contributed by atoms with Crippen LogP contribution < -0.4 is 14.2 Å². The first-order chi connectivity index (χ1) is 18.5. The van der Waals surface area contributed by atoms with Crippen LogP contribution in [0.25, 0.3) is 16.7 Å². The third-order valence-electron chi connectivity index (χ3n) is 6.79. The molecule has 2 aromatic carbocycles. The van der Waals surface area contributed by atoms with Gasteiger partial charge in [0.05, 0.1) is 32.9 Å². The molecule has 1 atom stereocenters. The molecule has 9 nitrogen and oxygen atoms in total. The number of aliphatic hydroxyl groups excluding tert-OH is 1. The van der Waals surface area contributed by atoms with Crippen LogP contribution in [0, 0.1) is 0 Å². The highest BCUT2D eigenvalue weighted by Gasteiger charge is 2.46. The molecule has 1 aliphatic heterocycles. The van der Waals surface area contributed by atoms with Crippen LogP contribution in [0.15, 0.2) is 72.7 Å². The average Bonchev–Trinajstić information content (AvgIpc) is 3.48. The van der Waals surface area contributed by atoms with Crippen molar-refractivity contribution >= 4 is 28.4 Å². The molecule has 0 spiro atoms. The molecule has 1 amide bonds. The maximum Gasteiger partial charge on any atom is 0.295 e. The first-order valence-corrected chi connectivity index (χ1v) is 12.0. The number of pyridine rings is 1. The number of nitrogens with one attached hydrogen (secondary N) is 1. The third-order valence-corrected chi connectivity index (χ3v) is 6.79. The largest absolute Gasteiger partial charge is 0.507 e. The molecular formula is C29H27N3O6. The fourth-order valence-corrected chi connectivity index (χ4v) is 4.87. The first kappa shape index (κ1) is 24.9. The zero-order valence-corrected chi connectivity index (χ0v) is 21.2. The van der Waals surface area contributed by atoms with Gasteiger partial charge in [-0.1, -0.05) is 6.07 Å². The molecule has 0 bridgehead atoms. The summed E-state index contributed by atoms with van der Waals surface area (Å²) in [4.78, 5) is 35.6. The number of hydrogen-bond donors (Lipinski definition) is 2. The van der Waals surface area contributed by atoms with E-state index in [4.69, 9.17) is 14.2 Å². The molecule has 38 heavy (non-hydrogen) atoms. The number of fused-ring (bicyclic) bond motifs is 1. The fourth-order valence-electron chi connectivity index (χ4n) is 4.87. The van der Waals surface area contributed by atoms with Crippen molar-refractivity contribution in [2.75, 3.05) is 27.9 Å². The molecule has 5 rings (SSSR count). The number of ether oxygens (including phenoxy) is 3. The van der Waals surface area contributed by atoms with Crippen molar-refractivity contribution in [3.63, 3.8) is 0 Å². The number of aromatic amines is 1. The Labute approximate surface area is 219 Å². The topological polar surface area (TPSA) is 114 Å². The van der Waals surface area contributed by atoms with Crippen molar-refractivity contribution in [2.24, 2.45) is 0 Å². The van der Waals surface area contributed by atoms with Gasteiger partial charge in [-0.05, 0) is 60.0 Å². The van der Waals surface area contributed by atoms with Crippen LogP contribution in [-0.2, 0) is 16.0 Å². The van der Waals surface area contributed by atoms with Crippen molar-refractivity contribution in [2.45, 2.75) is 12.5 Å². The van der Waals surface area contributed by atoms with E-state index in [2.05, 4.69) is 9.97 Å². The van der Waals surface area contributed by atoms with Crippen LogP contribution in [0.2, 0.25) is 0 Å². The summed E-state index contributed by atoms with van der Waals surface area (Å²) in [5, 5.41) is 12.3. The molecule has 9 heteroatoms. The second kappa shape index (κ2) is 10.3. The Morgan fingerprint density at radius 3 is 2.55 bits per heavy atom. The number of Topliss-reactive ketones (excluding diaryl/α,β-unsaturated/α-hetero) is 1. The lowest BCUT2D eigenvalue weighted by Crippen LogP contribution is -2.31. The summed E-state index contributed by atoms with van der Waals surface area (Å²) in [6, 6.07) is 13.3. The molecule has 0 aliphatic carbocycles. The number of ketones is 1. The zero-order chi connectivity index (χ0) is 26.8. The molecular weight excluding hydrogens is 486 g/mol. The maximum atomic E-state index is 13.3. The number of carbonyl (C=O) groups is 2. The van der Waals surface area contributed by atoms with Gasteiger partial charge in [-0.15, -0.1) is 0 Å². The van der Waals surface area contributed by atoms with Gasteiger partial charge in [0, 0.05) is 41.6 Å². The lowest BCUT2D eigenvalue weighted by atomic mass is 9.96. The number of nitrogens with zero attached hydrogens (tertiary/aromatic N) is 2. The normalized spacial score (nSPS) is 16.7. The third kappa shape index (κ3) is 4.32. The number of likely N-dealkylation sites (tertiary alicyclic amines) is 1. The van der Waals surface area contributed by atoms with Gasteiger partial charge >= 0.3 is 0 Å². The molecule has 4 aromatic rings. The van der Waals surface area contributed by atoms with Crippen molar-refractivity contribution in [1.29, 1.82) is 0 Å². The minimum Gasteiger partial charge on any atom is -0.507 e. The van der Waals surface area contributed by atoms with E-state index in [1.54, 1.807) is 49.8 Å². The summed E-state index contributed by atoms with van der Waals surface area (Å²) >= 11 is 0. The van der Waals surface area contributed by atoms with E-state index in [1.807, 2.05) is 24.4 Å². The monoisotopic (exact) mass is 513 g/mol. The number of methoxy groups -OCH3 is 3. The minimum absolute atomic E-state index is 0.00387. The van der Waals surface area contributed by atoms with Crippen LogP contribution in [0.3, 0.4) is 0 Å². The van der Waals surface area contributed by atoms with E-state index < -0.39 is 17.7 Å². The fraction of sp³-hybridized carbons (Fsp3) is 0.207. The highest BCUT2D eigenvalue weighted by atomic mass is 16.5. The van der Waals surface area contributed by atoms with Crippen LogP contribution in [0.4, 0.5) is 0 Å². The molecule has 1 aliphatic rings. The van der Waals surface area contributed by atoms with Gasteiger partial charge in [-0.25, -0.2) is 0 Å². The standard InChI is InChI=1S/C29H27N3O6/c1-36-20-7-8-22-21(14-20)18(16-31-22)10-12-32-26(19-5-4-11-30-15-19)25(28(34)29(32)35)27(33)17-6-9-23(37-2)24(13-17)38-3/h4-9,11,13-16,26,31,33H,10,12H2,1-3H3/b27-25-. The number of benzene rings is 2. The SMILES string of the molecule is COc1ccc2[nH]cc(CCN3C(=O)C(=O)/C(=C(\O)c4ccc(OC)c(OC)c4)C3c3cccnc3)c2c1. The van der Waals surface area contributed by atoms with Crippen LogP contribution in [-0.4, -0.2) is 59.5 Å². The second-order valence-electron chi connectivity index (χ2n) is 8.82. The van der Waals surface area contributed by atoms with E-state index in [0.29, 0.717) is 29.0 Å². The second-order valence-corrected chi connectivity index (χ2v) is 8.82. The molecule has 1 fully saturated rings. The van der Waals surface area contributed by atoms with E-state index >= 15 is 0 Å². The van der Waals surface area contributed by atoms with Crippen LogP contribution >= 0.6 is 0 Å². The number of carbonyl (C=O) groups excluding carboxylic acids is 2. The summed E-state index contributed by atoms with van der Waals surface area (Å²) in [6.45, 7) is 0.247. The lowest BCUT2D eigenvalue weighted by molar-refractivity contribution is -0.139. The average molecular weight is 514 g/mol. The molecule has 1 saturated heterocycles. The van der Waals surface area contributed by atoms with Gasteiger partial charge in [0.2, 0.25) is 0 Å². The molecule has 0 radical (unpaired) electrons. The quantitative estimate of drug-likeness (QED) is 0.206. The van der Waals surface area contributed by atoms with Gasteiger partial charge in [-0.3, -0.25) is 14.6 Å². The van der Waals surface area contributed by atoms with Gasteiger partial charge in [0.25, 0.3) is 11.7 Å². The van der Waals surface area contributed by atoms with Crippen LogP contribution in [0.1, 0.15) is 22.7 Å². The highest BCUT2D eigenvalue weighted by Crippen LogP contribution is 2.40. The molecule has 3 heterocycles. The molecule has 0 saturated carbocycles. The lowest BCUT2D eigenvalue weighted by Gasteiger charge is -2.25. The summed E-state index contributed by atoms with van der Waals surface area (Å²) in [7, 11) is 4.60. The zero-order valence-electron chi connectivity index (χ0n) is 21.2. The summed E-state index contributed by atoms with van der Waals surface area (Å²) < 4.78 is 16.0. The van der Waals surface area contributed by atoms with E-state index in [9.17, 15) is 14.7 Å². The molecule has 1 unspecified atom stereocenters. The van der Waals surface area contributed by atoms with Crippen molar-refractivity contribution in [3.8, 4) is 17.2 Å². The first-order valence-electron chi connectivity index (χ1n) is 12.0. The number of rotatable bonds is 8. The van der Waals surface area contributed by atoms with Gasteiger partial charge in [-0.2, -0.15) is 0 Å². The van der Waals surface area contributed by atoms with Gasteiger partial charge in [0.15, 0.2) is 11.5 Å².